The summed E-state index contributed by atoms with van der Waals surface area (Å²) in [5.74, 6) is 0.0294. The van der Waals surface area contributed by atoms with Crippen LogP contribution in [0, 0.1) is 0 Å². The largest absolute Gasteiger partial charge is 0.331 e. The molecule has 24 heavy (non-hydrogen) atoms. The van der Waals surface area contributed by atoms with E-state index in [4.69, 9.17) is 11.6 Å². The van der Waals surface area contributed by atoms with Crippen LogP contribution in [0.15, 0.2) is 60.8 Å². The second-order valence-corrected chi connectivity index (χ2v) is 6.47. The molecule has 0 saturated carbocycles. The first-order chi connectivity index (χ1) is 11.8. The van der Waals surface area contributed by atoms with Crippen LogP contribution in [0.4, 0.5) is 0 Å². The highest BCUT2D eigenvalue weighted by molar-refractivity contribution is 6.31. The Kier molecular flexibility index (Phi) is 3.95. The van der Waals surface area contributed by atoms with Gasteiger partial charge in [-0.05, 0) is 36.6 Å². The summed E-state index contributed by atoms with van der Waals surface area (Å²) in [6.45, 7) is 0.748. The predicted octanol–water partition coefficient (Wildman–Crippen LogP) is 4.87. The van der Waals surface area contributed by atoms with Gasteiger partial charge in [-0.1, -0.05) is 48.0 Å². The number of halogens is 1. The number of carbonyl (C=O) groups excluding carboxylic acids is 1. The van der Waals surface area contributed by atoms with E-state index < -0.39 is 0 Å². The second kappa shape index (κ2) is 6.25. The number of hydrogen-bond donors (Lipinski definition) is 0. The minimum Gasteiger partial charge on any atom is -0.331 e. The summed E-state index contributed by atoms with van der Waals surface area (Å²) in [5, 5.41) is 1.70. The number of amides is 1. The quantitative estimate of drug-likeness (QED) is 0.669. The van der Waals surface area contributed by atoms with E-state index in [0.717, 1.165) is 40.9 Å². The molecule has 1 saturated heterocycles. The van der Waals surface area contributed by atoms with Crippen LogP contribution in [-0.4, -0.2) is 22.3 Å². The molecule has 1 fully saturated rings. The minimum absolute atomic E-state index is 0.0294. The van der Waals surface area contributed by atoms with Gasteiger partial charge in [0.05, 0.1) is 17.1 Å². The lowest BCUT2D eigenvalue weighted by Crippen LogP contribution is -2.31. The van der Waals surface area contributed by atoms with Crippen LogP contribution < -0.4 is 0 Å². The maximum atomic E-state index is 13.2. The Morgan fingerprint density at radius 2 is 1.92 bits per heavy atom. The van der Waals surface area contributed by atoms with Crippen molar-refractivity contribution < 1.29 is 4.79 Å². The number of rotatable bonds is 2. The second-order valence-electron chi connectivity index (χ2n) is 6.06. The number of nitrogens with zero attached hydrogens (tertiary/aromatic N) is 2. The fourth-order valence-corrected chi connectivity index (χ4v) is 3.77. The molecule has 0 spiro atoms. The van der Waals surface area contributed by atoms with Crippen molar-refractivity contribution in [1.82, 2.24) is 9.88 Å². The average Bonchev–Trinajstić information content (AvgIpc) is 3.10. The number of para-hydroxylation sites is 1. The fraction of sp³-hybridized carbons (Fsp3) is 0.200. The van der Waals surface area contributed by atoms with Gasteiger partial charge < -0.3 is 4.90 Å². The number of aromatic nitrogens is 1. The van der Waals surface area contributed by atoms with Crippen LogP contribution in [0.5, 0.6) is 0 Å². The number of fused-ring (bicyclic) bond motifs is 1. The third kappa shape index (κ3) is 2.55. The van der Waals surface area contributed by atoms with Crippen LogP contribution in [0.1, 0.15) is 34.8 Å². The van der Waals surface area contributed by atoms with Crippen molar-refractivity contribution in [2.45, 2.75) is 18.9 Å². The van der Waals surface area contributed by atoms with E-state index in [1.165, 1.54) is 0 Å². The van der Waals surface area contributed by atoms with Crippen molar-refractivity contribution in [3.05, 3.63) is 76.9 Å². The molecular formula is C20H17ClN2O. The van der Waals surface area contributed by atoms with Gasteiger partial charge in [-0.15, -0.1) is 0 Å². The van der Waals surface area contributed by atoms with Crippen molar-refractivity contribution in [3.8, 4) is 0 Å². The molecule has 3 aromatic rings. The molecule has 4 heteroatoms. The van der Waals surface area contributed by atoms with E-state index in [-0.39, 0.29) is 11.9 Å². The van der Waals surface area contributed by atoms with Crippen molar-refractivity contribution in [2.24, 2.45) is 0 Å². The molecule has 1 atom stereocenters. The maximum Gasteiger partial charge on any atom is 0.256 e. The zero-order valence-electron chi connectivity index (χ0n) is 13.2. The fourth-order valence-electron chi connectivity index (χ4n) is 3.51. The number of hydrogen-bond acceptors (Lipinski definition) is 2. The van der Waals surface area contributed by atoms with Gasteiger partial charge in [0.1, 0.15) is 0 Å². The molecular weight excluding hydrogens is 320 g/mol. The predicted molar refractivity (Wildman–Crippen MR) is 96.2 cm³/mol. The number of carbonyl (C=O) groups is 1. The average molecular weight is 337 g/mol. The first-order valence-corrected chi connectivity index (χ1v) is 8.52. The Hall–Kier alpha value is -2.39. The van der Waals surface area contributed by atoms with Gasteiger partial charge in [0.25, 0.3) is 5.91 Å². The summed E-state index contributed by atoms with van der Waals surface area (Å²) in [6.07, 6.45) is 3.65. The van der Waals surface area contributed by atoms with Crippen LogP contribution in [0.3, 0.4) is 0 Å². The molecule has 0 radical (unpaired) electrons. The molecule has 0 bridgehead atoms. The molecule has 1 aromatic heterocycles. The van der Waals surface area contributed by atoms with Gasteiger partial charge >= 0.3 is 0 Å². The lowest BCUT2D eigenvalue weighted by Gasteiger charge is -2.26. The van der Waals surface area contributed by atoms with Crippen LogP contribution in [0.25, 0.3) is 10.9 Å². The first-order valence-electron chi connectivity index (χ1n) is 8.15. The zero-order valence-corrected chi connectivity index (χ0v) is 13.9. The zero-order chi connectivity index (χ0) is 16.5. The Morgan fingerprint density at radius 3 is 2.79 bits per heavy atom. The molecule has 2 heterocycles. The first kappa shape index (κ1) is 15.2. The van der Waals surface area contributed by atoms with E-state index in [0.29, 0.717) is 5.56 Å². The van der Waals surface area contributed by atoms with Crippen molar-refractivity contribution in [3.63, 3.8) is 0 Å². The Bertz CT molecular complexity index is 904. The van der Waals surface area contributed by atoms with E-state index in [1.807, 2.05) is 59.5 Å². The molecule has 0 N–H and O–H groups in total. The molecule has 1 amide bonds. The van der Waals surface area contributed by atoms with Gasteiger partial charge in [-0.3, -0.25) is 9.78 Å². The Labute approximate surface area is 145 Å². The van der Waals surface area contributed by atoms with Gasteiger partial charge in [-0.2, -0.15) is 0 Å². The summed E-state index contributed by atoms with van der Waals surface area (Å²) in [6, 6.07) is 17.4. The van der Waals surface area contributed by atoms with E-state index in [9.17, 15) is 4.79 Å². The number of pyridine rings is 1. The van der Waals surface area contributed by atoms with Crippen molar-refractivity contribution >= 4 is 28.4 Å². The van der Waals surface area contributed by atoms with Gasteiger partial charge in [-0.25, -0.2) is 0 Å². The summed E-state index contributed by atoms with van der Waals surface area (Å²) in [4.78, 5) is 19.5. The highest BCUT2D eigenvalue weighted by Gasteiger charge is 2.32. The third-order valence-electron chi connectivity index (χ3n) is 4.64. The molecule has 1 aliphatic heterocycles. The summed E-state index contributed by atoms with van der Waals surface area (Å²) in [7, 11) is 0. The Morgan fingerprint density at radius 1 is 1.08 bits per heavy atom. The standard InChI is InChI=1S/C20H17ClN2O/c21-17-10-2-1-8-15(17)18-11-5-13-23(18)20(24)16-9-3-6-14-7-4-12-22-19(14)16/h1-4,6-10,12,18H,5,11,13H2. The summed E-state index contributed by atoms with van der Waals surface area (Å²) in [5.41, 5.74) is 2.44. The molecule has 120 valence electrons. The van der Waals surface area contributed by atoms with Gasteiger partial charge in [0.15, 0.2) is 0 Å². The monoisotopic (exact) mass is 336 g/mol. The molecule has 0 aliphatic carbocycles. The van der Waals surface area contributed by atoms with E-state index >= 15 is 0 Å². The normalized spacial score (nSPS) is 17.4. The Balaban J connectivity index is 1.74. The lowest BCUT2D eigenvalue weighted by atomic mass is 10.0. The molecule has 1 aliphatic rings. The van der Waals surface area contributed by atoms with E-state index in [2.05, 4.69) is 4.98 Å². The molecule has 4 rings (SSSR count). The van der Waals surface area contributed by atoms with Crippen molar-refractivity contribution in [2.75, 3.05) is 6.54 Å². The van der Waals surface area contributed by atoms with Gasteiger partial charge in [0, 0.05) is 23.2 Å². The van der Waals surface area contributed by atoms with Crippen LogP contribution >= 0.6 is 11.6 Å². The molecule has 1 unspecified atom stereocenters. The summed E-state index contributed by atoms with van der Waals surface area (Å²) < 4.78 is 0. The lowest BCUT2D eigenvalue weighted by molar-refractivity contribution is 0.0737. The topological polar surface area (TPSA) is 33.2 Å². The van der Waals surface area contributed by atoms with Crippen LogP contribution in [-0.2, 0) is 0 Å². The van der Waals surface area contributed by atoms with Gasteiger partial charge in [0.2, 0.25) is 0 Å². The number of benzene rings is 2. The summed E-state index contributed by atoms with van der Waals surface area (Å²) >= 11 is 6.37. The molecule has 2 aromatic carbocycles. The highest BCUT2D eigenvalue weighted by atomic mass is 35.5. The minimum atomic E-state index is 0.0294. The molecule has 3 nitrogen and oxygen atoms in total. The maximum absolute atomic E-state index is 13.2. The van der Waals surface area contributed by atoms with E-state index in [1.54, 1.807) is 6.20 Å². The number of likely N-dealkylation sites (tertiary alicyclic amines) is 1. The van der Waals surface area contributed by atoms with Crippen LogP contribution in [0.2, 0.25) is 5.02 Å². The third-order valence-corrected chi connectivity index (χ3v) is 4.99. The SMILES string of the molecule is O=C(c1cccc2cccnc12)N1CCCC1c1ccccc1Cl. The smallest absolute Gasteiger partial charge is 0.256 e. The van der Waals surface area contributed by atoms with Crippen molar-refractivity contribution in [1.29, 1.82) is 0 Å². The highest BCUT2D eigenvalue weighted by Crippen LogP contribution is 2.37.